The first-order chi connectivity index (χ1) is 15.5. The van der Waals surface area contributed by atoms with Crippen LogP contribution in [0, 0.1) is 6.92 Å². The first-order valence-corrected chi connectivity index (χ1v) is 11.1. The van der Waals surface area contributed by atoms with Crippen molar-refractivity contribution in [3.05, 3.63) is 108 Å². The minimum atomic E-state index is -0.544. The van der Waals surface area contributed by atoms with Gasteiger partial charge in [-0.3, -0.25) is 4.79 Å². The Kier molecular flexibility index (Phi) is 11.0. The number of aryl methyl sites for hydroxylation is 1. The fraction of sp³-hybridized carbons (Fsp3) is 0.222. The lowest BCUT2D eigenvalue weighted by molar-refractivity contribution is 0.0513. The first kappa shape index (κ1) is 25.1. The number of carbonyl (C=O) groups excluding carboxylic acids is 2. The molecule has 166 valence electrons. The molecule has 1 unspecified atom stereocenters. The molecule has 0 heterocycles. The topological polar surface area (TPSA) is 55.7 Å². The van der Waals surface area contributed by atoms with Crippen molar-refractivity contribution in [1.82, 2.24) is 0 Å². The maximum Gasteiger partial charge on any atom is 0.365 e. The molecule has 3 rings (SSSR count). The van der Waals surface area contributed by atoms with E-state index in [9.17, 15) is 9.59 Å². The van der Waals surface area contributed by atoms with Crippen molar-refractivity contribution in [2.24, 2.45) is 5.16 Å². The highest BCUT2D eigenvalue weighted by atomic mass is 32.1. The number of Topliss-reactive ketones (excluding diaryl/α,β-unsaturated/α-hetero) is 1. The number of thiol groups is 1. The van der Waals surface area contributed by atoms with Gasteiger partial charge in [0.1, 0.15) is 0 Å². The van der Waals surface area contributed by atoms with Crippen molar-refractivity contribution in [2.75, 3.05) is 0 Å². The van der Waals surface area contributed by atoms with Crippen LogP contribution < -0.4 is 0 Å². The molecule has 3 aromatic carbocycles. The van der Waals surface area contributed by atoms with E-state index in [1.807, 2.05) is 49.4 Å². The Labute approximate surface area is 195 Å². The molecule has 0 aliphatic heterocycles. The number of oxime groups is 1. The predicted molar refractivity (Wildman–Crippen MR) is 134 cm³/mol. The molecule has 0 fully saturated rings. The van der Waals surface area contributed by atoms with E-state index in [4.69, 9.17) is 4.84 Å². The zero-order chi connectivity index (χ0) is 23.2. The third-order valence-corrected chi connectivity index (χ3v) is 5.16. The number of carbonyl (C=O) groups is 2. The largest absolute Gasteiger partial charge is 0.365 e. The van der Waals surface area contributed by atoms with Crippen LogP contribution in [0.2, 0.25) is 0 Å². The summed E-state index contributed by atoms with van der Waals surface area (Å²) in [5.41, 5.74) is 2.86. The lowest BCUT2D eigenvalue weighted by atomic mass is 10.0. The van der Waals surface area contributed by atoms with Crippen LogP contribution in [0.4, 0.5) is 0 Å². The minimum Gasteiger partial charge on any atom is -0.313 e. The predicted octanol–water partition coefficient (Wildman–Crippen LogP) is 6.57. The van der Waals surface area contributed by atoms with Crippen molar-refractivity contribution < 1.29 is 14.4 Å². The Morgan fingerprint density at radius 1 is 0.844 bits per heavy atom. The Hall–Kier alpha value is -3.18. The molecule has 3 aromatic rings. The highest BCUT2D eigenvalue weighted by Crippen LogP contribution is 2.13. The molecule has 0 spiro atoms. The Bertz CT molecular complexity index is 989. The normalized spacial score (nSPS) is 11.7. The van der Waals surface area contributed by atoms with Crippen molar-refractivity contribution in [3.63, 3.8) is 0 Å². The fourth-order valence-corrected chi connectivity index (χ4v) is 2.95. The maximum absolute atomic E-state index is 12.4. The van der Waals surface area contributed by atoms with Gasteiger partial charge >= 0.3 is 5.97 Å². The number of rotatable bonds is 8. The van der Waals surface area contributed by atoms with Gasteiger partial charge in [0.25, 0.3) is 0 Å². The van der Waals surface area contributed by atoms with Gasteiger partial charge in [-0.1, -0.05) is 96.5 Å². The molecule has 0 amide bonds. The van der Waals surface area contributed by atoms with E-state index in [2.05, 4.69) is 36.8 Å². The van der Waals surface area contributed by atoms with E-state index in [0.29, 0.717) is 23.3 Å². The number of ketones is 1. The van der Waals surface area contributed by atoms with Gasteiger partial charge in [0.15, 0.2) is 5.78 Å². The van der Waals surface area contributed by atoms with Crippen LogP contribution in [0.3, 0.4) is 0 Å². The van der Waals surface area contributed by atoms with Crippen LogP contribution in [0.25, 0.3) is 0 Å². The molecule has 0 N–H and O–H groups in total. The lowest BCUT2D eigenvalue weighted by Crippen LogP contribution is -2.15. The van der Waals surface area contributed by atoms with Crippen LogP contribution in [0.5, 0.6) is 0 Å². The van der Waals surface area contributed by atoms with E-state index in [-0.39, 0.29) is 17.5 Å². The molecule has 0 aliphatic rings. The highest BCUT2D eigenvalue weighted by molar-refractivity contribution is 7.81. The summed E-state index contributed by atoms with van der Waals surface area (Å²) in [6.45, 7) is 4.09. The third kappa shape index (κ3) is 9.31. The second kappa shape index (κ2) is 14.0. The van der Waals surface area contributed by atoms with Crippen molar-refractivity contribution in [2.45, 2.75) is 38.4 Å². The van der Waals surface area contributed by atoms with Gasteiger partial charge in [-0.15, -0.1) is 0 Å². The second-order valence-corrected chi connectivity index (χ2v) is 8.02. The zero-order valence-electron chi connectivity index (χ0n) is 18.5. The zero-order valence-corrected chi connectivity index (χ0v) is 19.4. The molecule has 32 heavy (non-hydrogen) atoms. The van der Waals surface area contributed by atoms with Crippen LogP contribution in [0.15, 0.2) is 96.2 Å². The van der Waals surface area contributed by atoms with E-state index in [0.717, 1.165) is 6.42 Å². The molecule has 0 bridgehead atoms. The Morgan fingerprint density at radius 2 is 1.34 bits per heavy atom. The number of hydrogen-bond donors (Lipinski definition) is 1. The molecule has 4 nitrogen and oxygen atoms in total. The lowest BCUT2D eigenvalue weighted by Gasteiger charge is -2.10. The van der Waals surface area contributed by atoms with Crippen molar-refractivity contribution >= 4 is 30.1 Å². The fourth-order valence-electron chi connectivity index (χ4n) is 2.74. The van der Waals surface area contributed by atoms with Crippen LogP contribution >= 0.6 is 12.6 Å². The van der Waals surface area contributed by atoms with Gasteiger partial charge in [0, 0.05) is 17.2 Å². The van der Waals surface area contributed by atoms with Crippen LogP contribution in [-0.2, 0) is 4.84 Å². The minimum absolute atomic E-state index is 0.0535. The summed E-state index contributed by atoms with van der Waals surface area (Å²) < 4.78 is 0. The Balaban J connectivity index is 0.000000439. The van der Waals surface area contributed by atoms with Gasteiger partial charge < -0.3 is 4.84 Å². The summed E-state index contributed by atoms with van der Waals surface area (Å²) in [6.07, 6.45) is 1.41. The molecule has 1 atom stereocenters. The summed E-state index contributed by atoms with van der Waals surface area (Å²) in [5, 5.41) is 4.00. The van der Waals surface area contributed by atoms with E-state index < -0.39 is 5.97 Å². The molecule has 0 saturated carbocycles. The third-order valence-electron chi connectivity index (χ3n) is 4.61. The van der Waals surface area contributed by atoms with Gasteiger partial charge in [-0.2, -0.15) is 12.6 Å². The van der Waals surface area contributed by atoms with Gasteiger partial charge in [-0.05, 0) is 25.5 Å². The summed E-state index contributed by atoms with van der Waals surface area (Å²) in [7, 11) is 0. The van der Waals surface area contributed by atoms with Gasteiger partial charge in [0.2, 0.25) is 0 Å². The van der Waals surface area contributed by atoms with Crippen molar-refractivity contribution in [3.8, 4) is 0 Å². The van der Waals surface area contributed by atoms with Crippen molar-refractivity contribution in [1.29, 1.82) is 0 Å². The molecular formula is C27H29NO3S. The highest BCUT2D eigenvalue weighted by Gasteiger charge is 2.15. The average Bonchev–Trinajstić information content (AvgIpc) is 2.84. The smallest absolute Gasteiger partial charge is 0.313 e. The number of benzene rings is 3. The SMILES string of the molecule is CCC(S)CC(CC(=O)c1ccccc1)=NOC(=O)c1ccccc1.Cc1ccccc1. The Morgan fingerprint density at radius 3 is 1.81 bits per heavy atom. The number of nitrogens with zero attached hydrogens (tertiary/aromatic N) is 1. The van der Waals surface area contributed by atoms with Gasteiger partial charge in [0.05, 0.1) is 17.7 Å². The monoisotopic (exact) mass is 447 g/mol. The number of hydrogen-bond acceptors (Lipinski definition) is 5. The summed E-state index contributed by atoms with van der Waals surface area (Å²) in [4.78, 5) is 29.5. The van der Waals surface area contributed by atoms with E-state index in [1.165, 1.54) is 5.56 Å². The molecular weight excluding hydrogens is 418 g/mol. The summed E-state index contributed by atoms with van der Waals surface area (Å²) in [6, 6.07) is 27.9. The van der Waals surface area contributed by atoms with E-state index in [1.54, 1.807) is 36.4 Å². The van der Waals surface area contributed by atoms with Gasteiger partial charge in [-0.25, -0.2) is 4.79 Å². The summed E-state index contributed by atoms with van der Waals surface area (Å²) in [5.74, 6) is -0.607. The first-order valence-electron chi connectivity index (χ1n) is 10.6. The van der Waals surface area contributed by atoms with Crippen LogP contribution in [0.1, 0.15) is 52.5 Å². The molecule has 0 saturated heterocycles. The van der Waals surface area contributed by atoms with E-state index >= 15 is 0 Å². The summed E-state index contributed by atoms with van der Waals surface area (Å²) >= 11 is 4.46. The quantitative estimate of drug-likeness (QED) is 0.140. The standard InChI is InChI=1S/C20H21NO3S.C7H8/c1-2-18(25)13-17(14-19(22)15-9-5-3-6-10-15)21-24-20(23)16-11-7-4-8-12-16;1-7-5-3-2-4-6-7/h3-12,18,25H,2,13-14H2,1H3;2-6H,1H3. The molecule has 5 heteroatoms. The average molecular weight is 448 g/mol. The molecule has 0 aliphatic carbocycles. The molecule has 0 radical (unpaired) electrons. The maximum atomic E-state index is 12.4. The second-order valence-electron chi connectivity index (χ2n) is 7.29. The van der Waals surface area contributed by atoms with Crippen LogP contribution in [-0.4, -0.2) is 22.7 Å². The molecule has 0 aromatic heterocycles.